The maximum atomic E-state index is 11.1. The first-order valence-electron chi connectivity index (χ1n) is 3.61. The van der Waals surface area contributed by atoms with Crippen LogP contribution in [0.15, 0.2) is 11.1 Å². The molecule has 0 radical (unpaired) electrons. The topological polar surface area (TPSA) is 20.3 Å². The molecule has 0 aromatic rings. The summed E-state index contributed by atoms with van der Waals surface area (Å²) < 4.78 is 0. The fourth-order valence-corrected chi connectivity index (χ4v) is 1.29. The van der Waals surface area contributed by atoms with Gasteiger partial charge in [0.05, 0.1) is 0 Å². The van der Waals surface area contributed by atoms with E-state index >= 15 is 0 Å². The summed E-state index contributed by atoms with van der Waals surface area (Å²) in [5, 5.41) is 0. The number of carbonyl (C=O) groups is 1. The molecule has 0 aromatic heterocycles. The standard InChI is InChI=1S/C8H13NO/c1-4-7-5-9(3)8(10)6(7)2/h4-5H2,1-3H3. The molecule has 0 saturated carbocycles. The first-order chi connectivity index (χ1) is 4.66. The molecular weight excluding hydrogens is 126 g/mol. The van der Waals surface area contributed by atoms with E-state index in [2.05, 4.69) is 6.92 Å². The van der Waals surface area contributed by atoms with Gasteiger partial charge in [-0.15, -0.1) is 0 Å². The number of amides is 1. The van der Waals surface area contributed by atoms with Crippen molar-refractivity contribution in [3.8, 4) is 0 Å². The van der Waals surface area contributed by atoms with Crippen molar-refractivity contribution in [1.82, 2.24) is 4.90 Å². The van der Waals surface area contributed by atoms with Crippen molar-refractivity contribution in [2.75, 3.05) is 13.6 Å². The number of carbonyl (C=O) groups excluding carboxylic acids is 1. The van der Waals surface area contributed by atoms with Crippen molar-refractivity contribution >= 4 is 5.91 Å². The SMILES string of the molecule is CCC1=C(C)C(=O)N(C)C1. The average Bonchev–Trinajstić information content (AvgIpc) is 2.17. The van der Waals surface area contributed by atoms with Gasteiger partial charge in [0.15, 0.2) is 0 Å². The highest BCUT2D eigenvalue weighted by molar-refractivity contribution is 5.96. The van der Waals surface area contributed by atoms with Gasteiger partial charge in [0, 0.05) is 19.2 Å². The summed E-state index contributed by atoms with van der Waals surface area (Å²) in [4.78, 5) is 12.9. The van der Waals surface area contributed by atoms with Gasteiger partial charge >= 0.3 is 0 Å². The molecule has 0 N–H and O–H groups in total. The minimum Gasteiger partial charge on any atom is -0.338 e. The number of rotatable bonds is 1. The minimum absolute atomic E-state index is 0.192. The van der Waals surface area contributed by atoms with E-state index in [9.17, 15) is 4.79 Å². The Balaban J connectivity index is 2.83. The Hall–Kier alpha value is -0.790. The van der Waals surface area contributed by atoms with Crippen LogP contribution in [0.4, 0.5) is 0 Å². The van der Waals surface area contributed by atoms with Crippen LogP contribution >= 0.6 is 0 Å². The van der Waals surface area contributed by atoms with Gasteiger partial charge in [-0.3, -0.25) is 4.79 Å². The molecule has 1 heterocycles. The molecule has 0 spiro atoms. The summed E-state index contributed by atoms with van der Waals surface area (Å²) in [6.45, 7) is 4.83. The van der Waals surface area contributed by atoms with Crippen LogP contribution in [0.25, 0.3) is 0 Å². The molecule has 0 unspecified atom stereocenters. The van der Waals surface area contributed by atoms with Crippen molar-refractivity contribution in [2.24, 2.45) is 0 Å². The lowest BCUT2D eigenvalue weighted by atomic mass is 10.1. The predicted octanol–water partition coefficient (Wildman–Crippen LogP) is 1.18. The molecule has 1 aliphatic heterocycles. The second-order valence-corrected chi connectivity index (χ2v) is 2.74. The fourth-order valence-electron chi connectivity index (χ4n) is 1.29. The molecule has 0 fully saturated rings. The van der Waals surface area contributed by atoms with E-state index < -0.39 is 0 Å². The Bertz CT molecular complexity index is 193. The maximum Gasteiger partial charge on any atom is 0.249 e. The van der Waals surface area contributed by atoms with Crippen molar-refractivity contribution in [1.29, 1.82) is 0 Å². The molecule has 0 aliphatic carbocycles. The minimum atomic E-state index is 0.192. The molecule has 0 saturated heterocycles. The van der Waals surface area contributed by atoms with Crippen LogP contribution in [-0.4, -0.2) is 24.4 Å². The summed E-state index contributed by atoms with van der Waals surface area (Å²) in [7, 11) is 1.84. The molecule has 1 rings (SSSR count). The van der Waals surface area contributed by atoms with E-state index in [4.69, 9.17) is 0 Å². The molecule has 2 nitrogen and oxygen atoms in total. The van der Waals surface area contributed by atoms with Crippen LogP contribution in [0.2, 0.25) is 0 Å². The van der Waals surface area contributed by atoms with Crippen LogP contribution < -0.4 is 0 Å². The average molecular weight is 139 g/mol. The smallest absolute Gasteiger partial charge is 0.249 e. The molecule has 0 bridgehead atoms. The van der Waals surface area contributed by atoms with Crippen molar-refractivity contribution in [3.05, 3.63) is 11.1 Å². The second-order valence-electron chi connectivity index (χ2n) is 2.74. The number of likely N-dealkylation sites (N-methyl/N-ethyl adjacent to an activating group) is 1. The van der Waals surface area contributed by atoms with Gasteiger partial charge in [0.2, 0.25) is 5.91 Å². The molecule has 1 amide bonds. The zero-order valence-corrected chi connectivity index (χ0v) is 6.77. The summed E-state index contributed by atoms with van der Waals surface area (Å²) in [5.41, 5.74) is 2.23. The van der Waals surface area contributed by atoms with Gasteiger partial charge in [-0.1, -0.05) is 6.92 Å². The van der Waals surface area contributed by atoms with E-state index in [-0.39, 0.29) is 5.91 Å². The van der Waals surface area contributed by atoms with Crippen LogP contribution in [0.1, 0.15) is 20.3 Å². The van der Waals surface area contributed by atoms with Crippen LogP contribution in [0.5, 0.6) is 0 Å². The number of nitrogens with zero attached hydrogens (tertiary/aromatic N) is 1. The largest absolute Gasteiger partial charge is 0.338 e. The third-order valence-corrected chi connectivity index (χ3v) is 2.05. The lowest BCUT2D eigenvalue weighted by Gasteiger charge is -2.06. The molecule has 56 valence electrons. The quantitative estimate of drug-likeness (QED) is 0.534. The van der Waals surface area contributed by atoms with Gasteiger partial charge in [-0.25, -0.2) is 0 Å². The first kappa shape index (κ1) is 7.32. The van der Waals surface area contributed by atoms with Crippen LogP contribution in [0.3, 0.4) is 0 Å². The molecule has 0 atom stereocenters. The van der Waals surface area contributed by atoms with Gasteiger partial charge in [-0.2, -0.15) is 0 Å². The van der Waals surface area contributed by atoms with Gasteiger partial charge < -0.3 is 4.90 Å². The highest BCUT2D eigenvalue weighted by atomic mass is 16.2. The zero-order chi connectivity index (χ0) is 7.72. The first-order valence-corrected chi connectivity index (χ1v) is 3.61. The van der Waals surface area contributed by atoms with E-state index in [1.54, 1.807) is 4.90 Å². The highest BCUT2D eigenvalue weighted by Crippen LogP contribution is 2.18. The summed E-state index contributed by atoms with van der Waals surface area (Å²) in [6, 6.07) is 0. The lowest BCUT2D eigenvalue weighted by molar-refractivity contribution is -0.124. The van der Waals surface area contributed by atoms with Crippen LogP contribution in [0, 0.1) is 0 Å². The number of hydrogen-bond acceptors (Lipinski definition) is 1. The van der Waals surface area contributed by atoms with Gasteiger partial charge in [0.1, 0.15) is 0 Å². The fraction of sp³-hybridized carbons (Fsp3) is 0.625. The summed E-state index contributed by atoms with van der Waals surface area (Å²) in [5.74, 6) is 0.192. The molecule has 0 aromatic carbocycles. The predicted molar refractivity (Wildman–Crippen MR) is 40.6 cm³/mol. The molecule has 2 heteroatoms. The van der Waals surface area contributed by atoms with Gasteiger partial charge in [0.25, 0.3) is 0 Å². The normalized spacial score (nSPS) is 19.1. The Morgan fingerprint density at radius 1 is 1.60 bits per heavy atom. The Morgan fingerprint density at radius 2 is 2.20 bits per heavy atom. The third kappa shape index (κ3) is 0.939. The monoisotopic (exact) mass is 139 g/mol. The van der Waals surface area contributed by atoms with E-state index in [0.29, 0.717) is 0 Å². The lowest BCUT2D eigenvalue weighted by Crippen LogP contribution is -2.21. The third-order valence-electron chi connectivity index (χ3n) is 2.05. The molecular formula is C8H13NO. The van der Waals surface area contributed by atoms with E-state index in [1.165, 1.54) is 5.57 Å². The number of hydrogen-bond donors (Lipinski definition) is 0. The van der Waals surface area contributed by atoms with Crippen molar-refractivity contribution in [3.63, 3.8) is 0 Å². The summed E-state index contributed by atoms with van der Waals surface area (Å²) >= 11 is 0. The van der Waals surface area contributed by atoms with Crippen LogP contribution in [-0.2, 0) is 4.79 Å². The van der Waals surface area contributed by atoms with E-state index in [0.717, 1.165) is 18.5 Å². The molecule has 1 aliphatic rings. The second kappa shape index (κ2) is 2.45. The highest BCUT2D eigenvalue weighted by Gasteiger charge is 2.21. The van der Waals surface area contributed by atoms with Crippen molar-refractivity contribution < 1.29 is 4.79 Å². The Kier molecular flexibility index (Phi) is 1.79. The maximum absolute atomic E-state index is 11.1. The van der Waals surface area contributed by atoms with E-state index in [1.807, 2.05) is 14.0 Å². The Morgan fingerprint density at radius 3 is 2.40 bits per heavy atom. The zero-order valence-electron chi connectivity index (χ0n) is 6.77. The molecule has 10 heavy (non-hydrogen) atoms. The van der Waals surface area contributed by atoms with Gasteiger partial charge in [-0.05, 0) is 18.9 Å². The van der Waals surface area contributed by atoms with Crippen molar-refractivity contribution in [2.45, 2.75) is 20.3 Å². The Labute approximate surface area is 61.5 Å². The summed E-state index contributed by atoms with van der Waals surface area (Å²) in [6.07, 6.45) is 1.00.